The zero-order chi connectivity index (χ0) is 19.1. The molecule has 1 aromatic heterocycles. The molecule has 1 unspecified atom stereocenters. The number of unbranched alkanes of at least 4 members (excludes halogenated alkanes) is 1. The Labute approximate surface area is 156 Å². The van der Waals surface area contributed by atoms with Gasteiger partial charge in [0, 0.05) is 0 Å². The number of rotatable bonds is 8. The third-order valence-electron chi connectivity index (χ3n) is 3.78. The van der Waals surface area contributed by atoms with Gasteiger partial charge in [-0.15, -0.1) is 5.10 Å². The van der Waals surface area contributed by atoms with E-state index in [-0.39, 0.29) is 5.92 Å². The van der Waals surface area contributed by atoms with Gasteiger partial charge in [-0.1, -0.05) is 51.1 Å². The molecule has 8 nitrogen and oxygen atoms in total. The number of amides is 3. The Morgan fingerprint density at radius 3 is 2.54 bits per heavy atom. The average Bonchev–Trinajstić information content (AvgIpc) is 3.05. The molecule has 0 aliphatic carbocycles. The highest BCUT2D eigenvalue weighted by Gasteiger charge is 2.27. The first-order valence-corrected chi connectivity index (χ1v) is 9.45. The number of imide groups is 1. The van der Waals surface area contributed by atoms with E-state index in [2.05, 4.69) is 39.9 Å². The Bertz CT molecular complexity index is 744. The Hall–Kier alpha value is -2.42. The number of nitrogens with one attached hydrogen (secondary N) is 1. The van der Waals surface area contributed by atoms with Gasteiger partial charge in [0.05, 0.1) is 10.9 Å². The van der Waals surface area contributed by atoms with E-state index in [1.165, 1.54) is 17.3 Å². The van der Waals surface area contributed by atoms with Crippen molar-refractivity contribution in [1.82, 2.24) is 25.5 Å². The summed E-state index contributed by atoms with van der Waals surface area (Å²) >= 11 is 1.20. The van der Waals surface area contributed by atoms with Gasteiger partial charge in [-0.05, 0) is 46.9 Å². The highest BCUT2D eigenvalue weighted by Crippen LogP contribution is 2.28. The van der Waals surface area contributed by atoms with Crippen LogP contribution in [0.3, 0.4) is 0 Å². The predicted octanol–water partition coefficient (Wildman–Crippen LogP) is 2.32. The Kier molecular flexibility index (Phi) is 7.14. The van der Waals surface area contributed by atoms with Crippen molar-refractivity contribution >= 4 is 23.7 Å². The molecule has 0 fully saturated rings. The fourth-order valence-electron chi connectivity index (χ4n) is 2.40. The number of primary amides is 1. The summed E-state index contributed by atoms with van der Waals surface area (Å²) in [5, 5.41) is 13.8. The van der Waals surface area contributed by atoms with Crippen molar-refractivity contribution in [1.29, 1.82) is 0 Å². The maximum absolute atomic E-state index is 12.2. The van der Waals surface area contributed by atoms with Crippen LogP contribution in [0.25, 0.3) is 5.69 Å². The minimum absolute atomic E-state index is 0.0408. The summed E-state index contributed by atoms with van der Waals surface area (Å²) in [6, 6.07) is 7.16. The summed E-state index contributed by atoms with van der Waals surface area (Å²) in [4.78, 5) is 23.2. The lowest BCUT2D eigenvalue weighted by Crippen LogP contribution is -2.42. The van der Waals surface area contributed by atoms with Gasteiger partial charge in [0.25, 0.3) is 0 Å². The summed E-state index contributed by atoms with van der Waals surface area (Å²) in [7, 11) is 0. The van der Waals surface area contributed by atoms with Crippen molar-refractivity contribution in [2.24, 2.45) is 11.7 Å². The van der Waals surface area contributed by atoms with Crippen LogP contribution >= 0.6 is 11.8 Å². The molecular formula is C17H24N6O2S. The second kappa shape index (κ2) is 9.33. The molecule has 0 saturated heterocycles. The summed E-state index contributed by atoms with van der Waals surface area (Å²) in [6.07, 6.45) is 3.34. The molecule has 3 amide bonds. The van der Waals surface area contributed by atoms with Gasteiger partial charge < -0.3 is 5.73 Å². The number of tetrazole rings is 1. The first-order valence-electron chi connectivity index (χ1n) is 8.57. The average molecular weight is 376 g/mol. The Balaban J connectivity index is 2.18. The molecule has 140 valence electrons. The van der Waals surface area contributed by atoms with E-state index in [4.69, 9.17) is 5.73 Å². The fourth-order valence-corrected chi connectivity index (χ4v) is 3.39. The number of aromatic nitrogens is 4. The molecule has 0 aliphatic rings. The van der Waals surface area contributed by atoms with Gasteiger partial charge in [0.1, 0.15) is 0 Å². The molecule has 1 heterocycles. The number of urea groups is 1. The van der Waals surface area contributed by atoms with Crippen LogP contribution in [-0.2, 0) is 11.2 Å². The Morgan fingerprint density at radius 2 is 1.96 bits per heavy atom. The van der Waals surface area contributed by atoms with Crippen LogP contribution in [-0.4, -0.2) is 37.4 Å². The van der Waals surface area contributed by atoms with E-state index in [9.17, 15) is 9.59 Å². The van der Waals surface area contributed by atoms with Crippen molar-refractivity contribution in [2.45, 2.75) is 50.4 Å². The summed E-state index contributed by atoms with van der Waals surface area (Å²) < 4.78 is 1.58. The monoisotopic (exact) mass is 376 g/mol. The summed E-state index contributed by atoms with van der Waals surface area (Å²) in [6.45, 7) is 5.93. The van der Waals surface area contributed by atoms with Gasteiger partial charge in [-0.2, -0.15) is 4.68 Å². The minimum atomic E-state index is -0.872. The van der Waals surface area contributed by atoms with Gasteiger partial charge in [-0.3, -0.25) is 10.1 Å². The van der Waals surface area contributed by atoms with Gasteiger partial charge in [-0.25, -0.2) is 4.79 Å². The largest absolute Gasteiger partial charge is 0.351 e. The molecule has 0 bridgehead atoms. The zero-order valence-electron chi connectivity index (χ0n) is 15.2. The third kappa shape index (κ3) is 5.29. The molecule has 0 aliphatic heterocycles. The lowest BCUT2D eigenvalue weighted by molar-refractivity contribution is -0.120. The van der Waals surface area contributed by atoms with E-state index in [1.54, 1.807) is 4.68 Å². The number of carbonyl (C=O) groups excluding carboxylic acids is 2. The number of hydrogen-bond donors (Lipinski definition) is 2. The van der Waals surface area contributed by atoms with Crippen LogP contribution in [0.15, 0.2) is 29.4 Å². The number of aryl methyl sites for hydroxylation is 1. The fraction of sp³-hybridized carbons (Fsp3) is 0.471. The first-order chi connectivity index (χ1) is 12.4. The molecule has 1 aromatic carbocycles. The summed E-state index contributed by atoms with van der Waals surface area (Å²) in [5.41, 5.74) is 7.13. The number of hydrogen-bond acceptors (Lipinski definition) is 6. The van der Waals surface area contributed by atoms with E-state index in [0.717, 1.165) is 24.9 Å². The molecule has 3 N–H and O–H groups in total. The SMILES string of the molecule is CCCCc1ccc(-n2nnnc2SC(C(=O)NC(N)=O)C(C)C)cc1. The van der Waals surface area contributed by atoms with Gasteiger partial charge in [0.15, 0.2) is 0 Å². The van der Waals surface area contributed by atoms with Crippen LogP contribution in [0.1, 0.15) is 39.2 Å². The standard InChI is InChI=1S/C17H24N6O2S/c1-4-5-6-12-7-9-13(10-8-12)23-17(20-21-22-23)26-14(11(2)3)15(24)19-16(18)25/h7-11,14H,4-6H2,1-3H3,(H3,18,19,24,25). The molecule has 1 atom stereocenters. The van der Waals surface area contributed by atoms with E-state index in [0.29, 0.717) is 5.16 Å². The van der Waals surface area contributed by atoms with Crippen molar-refractivity contribution in [3.8, 4) is 5.69 Å². The van der Waals surface area contributed by atoms with Gasteiger partial charge >= 0.3 is 6.03 Å². The second-order valence-corrected chi connectivity index (χ2v) is 7.39. The molecule has 26 heavy (non-hydrogen) atoms. The van der Waals surface area contributed by atoms with Crippen LogP contribution in [0.5, 0.6) is 0 Å². The zero-order valence-corrected chi connectivity index (χ0v) is 16.0. The second-order valence-electron chi connectivity index (χ2n) is 6.28. The predicted molar refractivity (Wildman–Crippen MR) is 100.0 cm³/mol. The molecule has 9 heteroatoms. The quantitative estimate of drug-likeness (QED) is 0.683. The highest BCUT2D eigenvalue weighted by atomic mass is 32.2. The number of benzene rings is 1. The Morgan fingerprint density at radius 1 is 1.27 bits per heavy atom. The molecule has 2 rings (SSSR count). The van der Waals surface area contributed by atoms with Crippen molar-refractivity contribution in [3.05, 3.63) is 29.8 Å². The van der Waals surface area contributed by atoms with Crippen LogP contribution in [0, 0.1) is 5.92 Å². The van der Waals surface area contributed by atoms with Crippen LogP contribution in [0.2, 0.25) is 0 Å². The van der Waals surface area contributed by atoms with Gasteiger partial charge in [0.2, 0.25) is 11.1 Å². The first kappa shape index (κ1) is 19.9. The summed E-state index contributed by atoms with van der Waals surface area (Å²) in [5.74, 6) is -0.497. The molecule has 0 radical (unpaired) electrons. The molecule has 2 aromatic rings. The molecular weight excluding hydrogens is 352 g/mol. The van der Waals surface area contributed by atoms with Crippen LogP contribution in [0.4, 0.5) is 4.79 Å². The highest BCUT2D eigenvalue weighted by molar-refractivity contribution is 8.00. The lowest BCUT2D eigenvalue weighted by Gasteiger charge is -2.18. The number of nitrogens with zero attached hydrogens (tertiary/aromatic N) is 4. The van der Waals surface area contributed by atoms with E-state index < -0.39 is 17.2 Å². The van der Waals surface area contributed by atoms with Crippen LogP contribution < -0.4 is 11.1 Å². The molecule has 0 saturated carbocycles. The van der Waals surface area contributed by atoms with Crippen molar-refractivity contribution in [2.75, 3.05) is 0 Å². The topological polar surface area (TPSA) is 116 Å². The van der Waals surface area contributed by atoms with Crippen molar-refractivity contribution in [3.63, 3.8) is 0 Å². The number of nitrogens with two attached hydrogens (primary N) is 1. The van der Waals surface area contributed by atoms with E-state index >= 15 is 0 Å². The van der Waals surface area contributed by atoms with Crippen molar-refractivity contribution < 1.29 is 9.59 Å². The lowest BCUT2D eigenvalue weighted by atomic mass is 10.1. The normalized spacial score (nSPS) is 12.2. The molecule has 0 spiro atoms. The smallest absolute Gasteiger partial charge is 0.318 e. The maximum Gasteiger partial charge on any atom is 0.318 e. The maximum atomic E-state index is 12.2. The number of carbonyl (C=O) groups is 2. The minimum Gasteiger partial charge on any atom is -0.351 e. The third-order valence-corrected chi connectivity index (χ3v) is 5.26. The van der Waals surface area contributed by atoms with E-state index in [1.807, 2.05) is 26.0 Å². The number of thioether (sulfide) groups is 1.